The van der Waals surface area contributed by atoms with Gasteiger partial charge < -0.3 is 0 Å². The lowest BCUT2D eigenvalue weighted by molar-refractivity contribution is 0.601. The predicted octanol–water partition coefficient (Wildman–Crippen LogP) is 3.61. The molecule has 0 aliphatic rings. The summed E-state index contributed by atoms with van der Waals surface area (Å²) in [6.07, 6.45) is 1.72. The largest absolute Gasteiger partial charge is 0.280 e. The summed E-state index contributed by atoms with van der Waals surface area (Å²) in [5.74, 6) is 0. The first-order chi connectivity index (χ1) is 10.1. The van der Waals surface area contributed by atoms with E-state index < -0.39 is 10.0 Å². The van der Waals surface area contributed by atoms with Gasteiger partial charge >= 0.3 is 0 Å². The van der Waals surface area contributed by atoms with Crippen molar-refractivity contribution in [3.63, 3.8) is 0 Å². The van der Waals surface area contributed by atoms with Crippen molar-refractivity contribution < 1.29 is 8.42 Å². The van der Waals surface area contributed by atoms with E-state index in [4.69, 9.17) is 0 Å². The van der Waals surface area contributed by atoms with Crippen LogP contribution in [0.1, 0.15) is 0 Å². The molecule has 0 aliphatic carbocycles. The van der Waals surface area contributed by atoms with Crippen molar-refractivity contribution in [2.45, 2.75) is 4.90 Å². The van der Waals surface area contributed by atoms with E-state index in [0.717, 1.165) is 10.6 Å². The second-order valence-electron chi connectivity index (χ2n) is 4.34. The Bertz CT molecular complexity index is 829. The monoisotopic (exact) mass is 316 g/mol. The van der Waals surface area contributed by atoms with E-state index >= 15 is 0 Å². The van der Waals surface area contributed by atoms with Crippen molar-refractivity contribution in [1.82, 2.24) is 4.98 Å². The third-order valence-electron chi connectivity index (χ3n) is 2.85. The van der Waals surface area contributed by atoms with Gasteiger partial charge in [-0.3, -0.25) is 4.72 Å². The first-order valence-corrected chi connectivity index (χ1v) is 8.59. The van der Waals surface area contributed by atoms with E-state index in [-0.39, 0.29) is 4.90 Å². The molecule has 0 unspecified atom stereocenters. The molecular weight excluding hydrogens is 304 g/mol. The number of nitrogens with one attached hydrogen (secondary N) is 1. The second-order valence-corrected chi connectivity index (χ2v) is 6.91. The Balaban J connectivity index is 1.91. The van der Waals surface area contributed by atoms with Crippen LogP contribution in [0.2, 0.25) is 0 Å². The lowest BCUT2D eigenvalue weighted by atomic mass is 10.2. The Labute approximate surface area is 127 Å². The standard InChI is InChI=1S/C15H12N2O2S2/c18-21(19,14-7-2-1-3-8-14)17-13-6-4-5-12(11-13)15-16-9-10-20-15/h1-11,17H. The average Bonchev–Trinajstić information content (AvgIpc) is 3.02. The summed E-state index contributed by atoms with van der Waals surface area (Å²) < 4.78 is 27.1. The molecule has 1 heterocycles. The van der Waals surface area contributed by atoms with Crippen molar-refractivity contribution >= 4 is 27.0 Å². The molecular formula is C15H12N2O2S2. The molecule has 0 radical (unpaired) electrons. The van der Waals surface area contributed by atoms with Gasteiger partial charge in [0, 0.05) is 22.8 Å². The van der Waals surface area contributed by atoms with Crippen molar-refractivity contribution in [2.75, 3.05) is 4.72 Å². The van der Waals surface area contributed by atoms with Crippen molar-refractivity contribution in [2.24, 2.45) is 0 Å². The van der Waals surface area contributed by atoms with Crippen LogP contribution in [0.4, 0.5) is 5.69 Å². The summed E-state index contributed by atoms with van der Waals surface area (Å²) in [6, 6.07) is 15.5. The Morgan fingerprint density at radius 3 is 2.52 bits per heavy atom. The molecule has 3 rings (SSSR count). The van der Waals surface area contributed by atoms with Crippen LogP contribution in [0.15, 0.2) is 71.1 Å². The minimum absolute atomic E-state index is 0.240. The van der Waals surface area contributed by atoms with E-state index in [0.29, 0.717) is 5.69 Å². The predicted molar refractivity (Wildman–Crippen MR) is 84.8 cm³/mol. The number of rotatable bonds is 4. The highest BCUT2D eigenvalue weighted by Gasteiger charge is 2.13. The van der Waals surface area contributed by atoms with Crippen LogP contribution >= 0.6 is 11.3 Å². The number of nitrogens with zero attached hydrogens (tertiary/aromatic N) is 1. The fraction of sp³-hybridized carbons (Fsp3) is 0. The first kappa shape index (κ1) is 13.8. The Kier molecular flexibility index (Phi) is 3.72. The number of anilines is 1. The number of benzene rings is 2. The van der Waals surface area contributed by atoms with Crippen LogP contribution in [-0.2, 0) is 10.0 Å². The topological polar surface area (TPSA) is 59.1 Å². The summed E-state index contributed by atoms with van der Waals surface area (Å²) in [7, 11) is -3.57. The lowest BCUT2D eigenvalue weighted by Crippen LogP contribution is -2.12. The number of thiazole rings is 1. The maximum Gasteiger partial charge on any atom is 0.261 e. The molecule has 1 aromatic heterocycles. The molecule has 0 saturated heterocycles. The van der Waals surface area contributed by atoms with Gasteiger partial charge in [-0.1, -0.05) is 30.3 Å². The zero-order valence-electron chi connectivity index (χ0n) is 10.9. The van der Waals surface area contributed by atoms with E-state index in [2.05, 4.69) is 9.71 Å². The van der Waals surface area contributed by atoms with Crippen LogP contribution < -0.4 is 4.72 Å². The Hall–Kier alpha value is -2.18. The van der Waals surface area contributed by atoms with Crippen LogP contribution in [0.5, 0.6) is 0 Å². The molecule has 0 fully saturated rings. The number of hydrogen-bond donors (Lipinski definition) is 1. The molecule has 3 aromatic rings. The summed E-state index contributed by atoms with van der Waals surface area (Å²) in [5.41, 5.74) is 1.41. The number of aromatic nitrogens is 1. The quantitative estimate of drug-likeness (QED) is 0.800. The maximum absolute atomic E-state index is 12.3. The zero-order valence-corrected chi connectivity index (χ0v) is 12.6. The van der Waals surface area contributed by atoms with Crippen LogP contribution in [0.25, 0.3) is 10.6 Å². The SMILES string of the molecule is O=S(=O)(Nc1cccc(-c2nccs2)c1)c1ccccc1. The molecule has 2 aromatic carbocycles. The normalized spacial score (nSPS) is 11.2. The van der Waals surface area contributed by atoms with Gasteiger partial charge in [0.15, 0.2) is 0 Å². The molecule has 21 heavy (non-hydrogen) atoms. The van der Waals surface area contributed by atoms with Crippen molar-refractivity contribution in [1.29, 1.82) is 0 Å². The van der Waals surface area contributed by atoms with Crippen molar-refractivity contribution in [3.05, 3.63) is 66.2 Å². The van der Waals surface area contributed by atoms with Crippen LogP contribution in [0.3, 0.4) is 0 Å². The summed E-state index contributed by atoms with van der Waals surface area (Å²) >= 11 is 1.51. The van der Waals surface area contributed by atoms with Gasteiger partial charge in [0.2, 0.25) is 0 Å². The molecule has 6 heteroatoms. The highest BCUT2D eigenvalue weighted by Crippen LogP contribution is 2.25. The van der Waals surface area contributed by atoms with E-state index in [1.807, 2.05) is 11.4 Å². The van der Waals surface area contributed by atoms with Crippen molar-refractivity contribution in [3.8, 4) is 10.6 Å². The number of hydrogen-bond acceptors (Lipinski definition) is 4. The highest BCUT2D eigenvalue weighted by molar-refractivity contribution is 7.92. The smallest absolute Gasteiger partial charge is 0.261 e. The molecule has 0 amide bonds. The van der Waals surface area contributed by atoms with E-state index in [1.54, 1.807) is 54.7 Å². The van der Waals surface area contributed by atoms with Gasteiger partial charge in [0.1, 0.15) is 5.01 Å². The second kappa shape index (κ2) is 5.67. The van der Waals surface area contributed by atoms with Gasteiger partial charge in [0.25, 0.3) is 10.0 Å². The van der Waals surface area contributed by atoms with Crippen LogP contribution in [-0.4, -0.2) is 13.4 Å². The maximum atomic E-state index is 12.3. The van der Waals surface area contributed by atoms with Gasteiger partial charge in [0.05, 0.1) is 4.90 Å². The van der Waals surface area contributed by atoms with Gasteiger partial charge in [-0.2, -0.15) is 0 Å². The lowest BCUT2D eigenvalue weighted by Gasteiger charge is -2.08. The Morgan fingerprint density at radius 1 is 1.00 bits per heavy atom. The molecule has 1 N–H and O–H groups in total. The minimum atomic E-state index is -3.57. The third-order valence-corrected chi connectivity index (χ3v) is 5.07. The summed E-state index contributed by atoms with van der Waals surface area (Å²) in [5, 5.41) is 2.74. The zero-order chi connectivity index (χ0) is 14.7. The fourth-order valence-corrected chi connectivity index (χ4v) is 3.60. The first-order valence-electron chi connectivity index (χ1n) is 6.23. The molecule has 0 saturated carbocycles. The van der Waals surface area contributed by atoms with E-state index in [9.17, 15) is 8.42 Å². The van der Waals surface area contributed by atoms with Gasteiger partial charge in [-0.25, -0.2) is 13.4 Å². The summed E-state index contributed by atoms with van der Waals surface area (Å²) in [4.78, 5) is 4.46. The van der Waals surface area contributed by atoms with Gasteiger partial charge in [-0.05, 0) is 24.3 Å². The molecule has 0 spiro atoms. The molecule has 0 aliphatic heterocycles. The summed E-state index contributed by atoms with van der Waals surface area (Å²) in [6.45, 7) is 0. The molecule has 4 nitrogen and oxygen atoms in total. The molecule has 0 bridgehead atoms. The Morgan fingerprint density at radius 2 is 1.81 bits per heavy atom. The van der Waals surface area contributed by atoms with Gasteiger partial charge in [-0.15, -0.1) is 11.3 Å². The van der Waals surface area contributed by atoms with Crippen LogP contribution in [0, 0.1) is 0 Å². The molecule has 106 valence electrons. The third kappa shape index (κ3) is 3.12. The minimum Gasteiger partial charge on any atom is -0.280 e. The molecule has 0 atom stereocenters. The average molecular weight is 316 g/mol. The highest BCUT2D eigenvalue weighted by atomic mass is 32.2. The van der Waals surface area contributed by atoms with E-state index in [1.165, 1.54) is 11.3 Å². The fourth-order valence-electron chi connectivity index (χ4n) is 1.90. The number of sulfonamides is 1.